The Morgan fingerprint density at radius 2 is 1.93 bits per heavy atom. The minimum Gasteiger partial charge on any atom is -0.393 e. The number of rotatable bonds is 4. The van der Waals surface area contributed by atoms with Crippen LogP contribution in [-0.4, -0.2) is 22.8 Å². The Morgan fingerprint density at radius 1 is 1.11 bits per heavy atom. The molecule has 0 saturated carbocycles. The molecule has 0 aliphatic carbocycles. The Balaban J connectivity index is 2.13. The molecule has 0 amide bonds. The first-order valence-electron chi connectivity index (χ1n) is 8.61. The molecule has 132 valence electrons. The molecule has 4 aromatic rings. The number of pyridine rings is 2. The number of hydrogen-bond donors (Lipinski definition) is 2. The van der Waals surface area contributed by atoms with Crippen molar-refractivity contribution in [3.8, 4) is 5.69 Å². The van der Waals surface area contributed by atoms with Crippen molar-refractivity contribution in [2.75, 3.05) is 7.05 Å². The second-order valence-electron chi connectivity index (χ2n) is 6.17. The molecule has 0 radical (unpaired) electrons. The van der Waals surface area contributed by atoms with E-state index >= 15 is 0 Å². The normalized spacial score (nSPS) is 11.7. The molecule has 0 spiro atoms. The standard InChI is InChI=1S/C22H18N4O/c1-24-13-17(12-23)15-7-9-20-19(11-15)22-16(14-25-20)8-10-21(27)26(22)18-5-3-2-4-6-18/h2-14,23-24H,1H3/b17-13+,23-12?. The SMILES string of the molecule is CN/C=C(\C=N)c1ccc2ncc3ccc(=O)n(-c4ccccc4)c3c2c1. The predicted octanol–water partition coefficient (Wildman–Crippen LogP) is 3.75. The van der Waals surface area contributed by atoms with Crippen LogP contribution in [0, 0.1) is 5.41 Å². The molecule has 2 heterocycles. The fraction of sp³-hybridized carbons (Fsp3) is 0.0455. The molecule has 5 nitrogen and oxygen atoms in total. The van der Waals surface area contributed by atoms with E-state index < -0.39 is 0 Å². The molecular weight excluding hydrogens is 336 g/mol. The van der Waals surface area contributed by atoms with Gasteiger partial charge in [0.1, 0.15) is 0 Å². The van der Waals surface area contributed by atoms with Gasteiger partial charge in [0.05, 0.1) is 11.0 Å². The van der Waals surface area contributed by atoms with Gasteiger partial charge < -0.3 is 10.7 Å². The van der Waals surface area contributed by atoms with Crippen LogP contribution in [0.5, 0.6) is 0 Å². The number of para-hydroxylation sites is 1. The highest BCUT2D eigenvalue weighted by Crippen LogP contribution is 2.27. The molecule has 0 aliphatic rings. The van der Waals surface area contributed by atoms with Crippen LogP contribution in [0.3, 0.4) is 0 Å². The van der Waals surface area contributed by atoms with Gasteiger partial charge in [-0.05, 0) is 35.9 Å². The third kappa shape index (κ3) is 2.89. The van der Waals surface area contributed by atoms with E-state index in [4.69, 9.17) is 5.41 Å². The summed E-state index contributed by atoms with van der Waals surface area (Å²) in [6, 6.07) is 18.8. The maximum atomic E-state index is 12.7. The lowest BCUT2D eigenvalue weighted by Crippen LogP contribution is -2.17. The minimum absolute atomic E-state index is 0.0929. The van der Waals surface area contributed by atoms with Gasteiger partial charge in [0.15, 0.2) is 0 Å². The molecule has 0 aliphatic heterocycles. The number of nitrogens with zero attached hydrogens (tertiary/aromatic N) is 2. The molecule has 0 unspecified atom stereocenters. The smallest absolute Gasteiger partial charge is 0.255 e. The van der Waals surface area contributed by atoms with E-state index in [0.717, 1.165) is 38.6 Å². The predicted molar refractivity (Wildman–Crippen MR) is 111 cm³/mol. The van der Waals surface area contributed by atoms with Crippen LogP contribution in [0.1, 0.15) is 5.56 Å². The molecular formula is C22H18N4O. The summed E-state index contributed by atoms with van der Waals surface area (Å²) in [7, 11) is 1.80. The summed E-state index contributed by atoms with van der Waals surface area (Å²) in [6.07, 6.45) is 4.87. The number of aromatic nitrogens is 2. The second-order valence-corrected chi connectivity index (χ2v) is 6.17. The van der Waals surface area contributed by atoms with Crippen molar-refractivity contribution in [1.82, 2.24) is 14.9 Å². The first-order valence-corrected chi connectivity index (χ1v) is 8.61. The second kappa shape index (κ2) is 6.88. The van der Waals surface area contributed by atoms with Crippen LogP contribution in [0.2, 0.25) is 0 Å². The van der Waals surface area contributed by atoms with Crippen molar-refractivity contribution in [3.63, 3.8) is 0 Å². The zero-order valence-corrected chi connectivity index (χ0v) is 14.8. The van der Waals surface area contributed by atoms with Crippen LogP contribution in [0.15, 0.2) is 77.9 Å². The average Bonchev–Trinajstić information content (AvgIpc) is 2.72. The number of fused-ring (bicyclic) bond motifs is 3. The number of nitrogens with one attached hydrogen (secondary N) is 2. The molecule has 27 heavy (non-hydrogen) atoms. The number of allylic oxidation sites excluding steroid dienone is 1. The van der Waals surface area contributed by atoms with Gasteiger partial charge in [-0.15, -0.1) is 0 Å². The van der Waals surface area contributed by atoms with Crippen LogP contribution in [-0.2, 0) is 0 Å². The van der Waals surface area contributed by atoms with E-state index in [-0.39, 0.29) is 5.56 Å². The van der Waals surface area contributed by atoms with Gasteiger partial charge >= 0.3 is 0 Å². The Bertz CT molecular complexity index is 1240. The monoisotopic (exact) mass is 354 g/mol. The summed E-state index contributed by atoms with van der Waals surface area (Å²) in [5, 5.41) is 12.4. The number of benzene rings is 2. The largest absolute Gasteiger partial charge is 0.393 e. The summed E-state index contributed by atoms with van der Waals surface area (Å²) < 4.78 is 1.72. The van der Waals surface area contributed by atoms with E-state index in [1.807, 2.05) is 48.5 Å². The Morgan fingerprint density at radius 3 is 2.67 bits per heavy atom. The van der Waals surface area contributed by atoms with Crippen LogP contribution in [0.4, 0.5) is 0 Å². The Kier molecular flexibility index (Phi) is 4.26. The molecule has 0 fully saturated rings. The third-order valence-electron chi connectivity index (χ3n) is 4.52. The molecule has 2 N–H and O–H groups in total. The van der Waals surface area contributed by atoms with Crippen molar-refractivity contribution in [2.24, 2.45) is 0 Å². The summed E-state index contributed by atoms with van der Waals surface area (Å²) in [5.41, 5.74) is 3.97. The maximum absolute atomic E-state index is 12.7. The summed E-state index contributed by atoms with van der Waals surface area (Å²) in [5.74, 6) is 0. The fourth-order valence-electron chi connectivity index (χ4n) is 3.29. The highest BCUT2D eigenvalue weighted by Gasteiger charge is 2.11. The van der Waals surface area contributed by atoms with Gasteiger partial charge in [0, 0.05) is 53.8 Å². The van der Waals surface area contributed by atoms with Gasteiger partial charge in [-0.1, -0.05) is 24.3 Å². The third-order valence-corrected chi connectivity index (χ3v) is 4.52. The van der Waals surface area contributed by atoms with Gasteiger partial charge in [-0.2, -0.15) is 0 Å². The molecule has 2 aromatic carbocycles. The van der Waals surface area contributed by atoms with Crippen LogP contribution >= 0.6 is 0 Å². The molecule has 0 saturated heterocycles. The number of hydrogen-bond acceptors (Lipinski definition) is 4. The first-order chi connectivity index (χ1) is 13.2. The quantitative estimate of drug-likeness (QED) is 0.433. The maximum Gasteiger partial charge on any atom is 0.255 e. The van der Waals surface area contributed by atoms with Gasteiger partial charge in [-0.3, -0.25) is 14.3 Å². The molecule has 4 rings (SSSR count). The summed E-state index contributed by atoms with van der Waals surface area (Å²) in [6.45, 7) is 0. The average molecular weight is 354 g/mol. The topological polar surface area (TPSA) is 70.8 Å². The van der Waals surface area contributed by atoms with E-state index in [2.05, 4.69) is 10.3 Å². The van der Waals surface area contributed by atoms with E-state index in [0.29, 0.717) is 0 Å². The van der Waals surface area contributed by atoms with Crippen LogP contribution < -0.4 is 10.9 Å². The highest BCUT2D eigenvalue weighted by molar-refractivity contribution is 6.11. The van der Waals surface area contributed by atoms with Crippen molar-refractivity contribution in [3.05, 3.63) is 89.0 Å². The lowest BCUT2D eigenvalue weighted by molar-refractivity contribution is 1.05. The lowest BCUT2D eigenvalue weighted by atomic mass is 10.0. The summed E-state index contributed by atoms with van der Waals surface area (Å²) >= 11 is 0. The molecule has 2 aromatic heterocycles. The highest BCUT2D eigenvalue weighted by atomic mass is 16.1. The van der Waals surface area contributed by atoms with Crippen molar-refractivity contribution < 1.29 is 0 Å². The van der Waals surface area contributed by atoms with E-state index in [9.17, 15) is 4.79 Å². The minimum atomic E-state index is -0.0929. The van der Waals surface area contributed by atoms with Crippen molar-refractivity contribution >= 4 is 33.6 Å². The Hall–Kier alpha value is -3.73. The van der Waals surface area contributed by atoms with Crippen LogP contribution in [0.25, 0.3) is 33.1 Å². The van der Waals surface area contributed by atoms with Gasteiger partial charge in [-0.25, -0.2) is 0 Å². The van der Waals surface area contributed by atoms with Gasteiger partial charge in [0.2, 0.25) is 0 Å². The molecule has 5 heteroatoms. The van der Waals surface area contributed by atoms with Crippen molar-refractivity contribution in [1.29, 1.82) is 5.41 Å². The van der Waals surface area contributed by atoms with Gasteiger partial charge in [0.25, 0.3) is 5.56 Å². The fourth-order valence-corrected chi connectivity index (χ4v) is 3.29. The zero-order chi connectivity index (χ0) is 18.8. The Labute approximate surface area is 156 Å². The van der Waals surface area contributed by atoms with E-state index in [1.54, 1.807) is 36.1 Å². The zero-order valence-electron chi connectivity index (χ0n) is 14.8. The van der Waals surface area contributed by atoms with E-state index in [1.165, 1.54) is 6.21 Å². The van der Waals surface area contributed by atoms with Crippen molar-refractivity contribution in [2.45, 2.75) is 0 Å². The molecule has 0 atom stereocenters. The summed E-state index contributed by atoms with van der Waals surface area (Å²) in [4.78, 5) is 17.3. The lowest BCUT2D eigenvalue weighted by Gasteiger charge is -2.13. The first kappa shape index (κ1) is 16.7. The molecule has 0 bridgehead atoms.